The first-order chi connectivity index (χ1) is 15.9. The number of hydrogen-bond donors (Lipinski definition) is 2. The lowest BCUT2D eigenvalue weighted by Crippen LogP contribution is -2.41. The second-order valence-electron chi connectivity index (χ2n) is 9.12. The highest BCUT2D eigenvalue weighted by Gasteiger charge is 2.51. The lowest BCUT2D eigenvalue weighted by molar-refractivity contribution is -0.226. The molecule has 2 aliphatic heterocycles. The van der Waals surface area contributed by atoms with Gasteiger partial charge in [-0.1, -0.05) is 6.92 Å². The topological polar surface area (TPSA) is 97.6 Å². The van der Waals surface area contributed by atoms with E-state index in [1.807, 2.05) is 6.92 Å². The Kier molecular flexibility index (Phi) is 4.82. The van der Waals surface area contributed by atoms with Crippen molar-refractivity contribution in [2.24, 2.45) is 0 Å². The number of nitrogens with one attached hydrogen (secondary N) is 2. The van der Waals surface area contributed by atoms with Crippen LogP contribution in [0.15, 0.2) is 12.3 Å². The molecule has 0 fully saturated rings. The van der Waals surface area contributed by atoms with Gasteiger partial charge >= 0.3 is 6.18 Å². The molecule has 2 atom stereocenters. The van der Waals surface area contributed by atoms with Gasteiger partial charge in [0, 0.05) is 36.9 Å². The number of pyridine rings is 1. The molecule has 180 valence electrons. The first-order valence-corrected chi connectivity index (χ1v) is 10.6. The summed E-state index contributed by atoms with van der Waals surface area (Å²) in [6.07, 6.45) is -4.09. The van der Waals surface area contributed by atoms with Gasteiger partial charge in [0.2, 0.25) is 11.6 Å². The van der Waals surface area contributed by atoms with Gasteiger partial charge in [-0.2, -0.15) is 18.3 Å². The second kappa shape index (κ2) is 7.31. The first kappa shape index (κ1) is 22.4. The lowest BCUT2D eigenvalue weighted by atomic mass is 9.73. The Morgan fingerprint density at radius 2 is 1.94 bits per heavy atom. The molecule has 0 bridgehead atoms. The number of fused-ring (bicyclic) bond motifs is 1. The summed E-state index contributed by atoms with van der Waals surface area (Å²) < 4.78 is 68.2. The van der Waals surface area contributed by atoms with E-state index in [2.05, 4.69) is 30.7 Å². The zero-order valence-corrected chi connectivity index (χ0v) is 18.2. The van der Waals surface area contributed by atoms with E-state index >= 15 is 0 Å². The Hall–Kier alpha value is -3.38. The highest BCUT2D eigenvalue weighted by Crippen LogP contribution is 2.46. The summed E-state index contributed by atoms with van der Waals surface area (Å²) in [5, 5.41) is 10.3. The SMILES string of the molecule is CC(F)(CCn1nc(-c2nc3c4c(n2)NC(=O)C[C@]4(C)CCN3)c2cc(F)cnc21)C(F)(F)F. The number of anilines is 2. The molecule has 5 rings (SSSR count). The van der Waals surface area contributed by atoms with Crippen LogP contribution in [0.25, 0.3) is 22.6 Å². The normalized spacial score (nSPS) is 21.6. The zero-order chi connectivity index (χ0) is 24.5. The minimum absolute atomic E-state index is 0.0303. The fourth-order valence-electron chi connectivity index (χ4n) is 4.46. The predicted molar refractivity (Wildman–Crippen MR) is 112 cm³/mol. The molecule has 5 heterocycles. The Labute approximate surface area is 190 Å². The van der Waals surface area contributed by atoms with Crippen LogP contribution in [-0.4, -0.2) is 49.0 Å². The third-order valence-electron chi connectivity index (χ3n) is 6.44. The highest BCUT2D eigenvalue weighted by molar-refractivity contribution is 5.97. The average molecular weight is 481 g/mol. The van der Waals surface area contributed by atoms with E-state index in [0.29, 0.717) is 31.5 Å². The standard InChI is InChI=1S/C21H20F5N7O/c1-19-3-5-27-15-13(19)16(29-12(34)8-19)31-17(30-15)14-11-7-10(22)9-28-18(11)33(32-14)6-4-20(2,23)21(24,25)26/h7,9H,3-6,8H2,1-2H3,(H2,27,29,30,31,34)/t19-,20?/m0/s1. The molecular formula is C21H20F5N7O. The number of alkyl halides is 4. The van der Waals surface area contributed by atoms with Gasteiger partial charge in [-0.3, -0.25) is 4.79 Å². The molecule has 13 heteroatoms. The molecule has 3 aromatic rings. The molecular weight excluding hydrogens is 461 g/mol. The summed E-state index contributed by atoms with van der Waals surface area (Å²) in [6.45, 7) is 2.52. The van der Waals surface area contributed by atoms with Crippen molar-refractivity contribution in [3.63, 3.8) is 0 Å². The molecule has 0 radical (unpaired) electrons. The minimum Gasteiger partial charge on any atom is -0.370 e. The van der Waals surface area contributed by atoms with Gasteiger partial charge in [-0.25, -0.2) is 28.4 Å². The van der Waals surface area contributed by atoms with Gasteiger partial charge in [0.05, 0.1) is 11.6 Å². The summed E-state index contributed by atoms with van der Waals surface area (Å²) in [4.78, 5) is 25.2. The largest absolute Gasteiger partial charge is 0.422 e. The van der Waals surface area contributed by atoms with Crippen LogP contribution in [0.2, 0.25) is 0 Å². The van der Waals surface area contributed by atoms with Crippen LogP contribution in [-0.2, 0) is 16.8 Å². The number of carbonyl (C=O) groups excluding carboxylic acids is 1. The number of aryl methyl sites for hydroxylation is 1. The van der Waals surface area contributed by atoms with Gasteiger partial charge in [0.1, 0.15) is 23.1 Å². The summed E-state index contributed by atoms with van der Waals surface area (Å²) >= 11 is 0. The molecule has 0 aliphatic carbocycles. The van der Waals surface area contributed by atoms with Crippen LogP contribution < -0.4 is 10.6 Å². The van der Waals surface area contributed by atoms with Gasteiger partial charge in [0.25, 0.3) is 0 Å². The summed E-state index contributed by atoms with van der Waals surface area (Å²) in [6, 6.07) is 1.12. The maximum absolute atomic E-state index is 14.2. The van der Waals surface area contributed by atoms with Crippen LogP contribution in [0, 0.1) is 5.82 Å². The Morgan fingerprint density at radius 3 is 2.68 bits per heavy atom. The van der Waals surface area contributed by atoms with Crippen LogP contribution in [0.4, 0.5) is 33.6 Å². The van der Waals surface area contributed by atoms with Gasteiger partial charge in [-0.05, 0) is 19.4 Å². The number of halogens is 5. The van der Waals surface area contributed by atoms with Crippen LogP contribution >= 0.6 is 0 Å². The van der Waals surface area contributed by atoms with E-state index in [-0.39, 0.29) is 34.9 Å². The van der Waals surface area contributed by atoms with Crippen molar-refractivity contribution in [2.45, 2.75) is 56.9 Å². The highest BCUT2D eigenvalue weighted by atomic mass is 19.4. The predicted octanol–water partition coefficient (Wildman–Crippen LogP) is 4.12. The van der Waals surface area contributed by atoms with Gasteiger partial charge < -0.3 is 10.6 Å². The van der Waals surface area contributed by atoms with Crippen LogP contribution in [0.5, 0.6) is 0 Å². The quantitative estimate of drug-likeness (QED) is 0.544. The Bertz CT molecular complexity index is 1320. The number of hydrogen-bond acceptors (Lipinski definition) is 6. The van der Waals surface area contributed by atoms with Crippen molar-refractivity contribution in [1.82, 2.24) is 24.7 Å². The summed E-state index contributed by atoms with van der Waals surface area (Å²) in [5.74, 6) is -0.0782. The van der Waals surface area contributed by atoms with Crippen LogP contribution in [0.1, 0.15) is 38.7 Å². The van der Waals surface area contributed by atoms with E-state index in [1.54, 1.807) is 0 Å². The third-order valence-corrected chi connectivity index (χ3v) is 6.44. The third kappa shape index (κ3) is 3.53. The number of amides is 1. The summed E-state index contributed by atoms with van der Waals surface area (Å²) in [7, 11) is 0. The molecule has 3 aromatic heterocycles. The molecule has 0 saturated carbocycles. The van der Waals surface area contributed by atoms with E-state index < -0.39 is 36.0 Å². The fraction of sp³-hybridized carbons (Fsp3) is 0.476. The number of carbonyl (C=O) groups is 1. The van der Waals surface area contributed by atoms with E-state index in [9.17, 15) is 26.7 Å². The zero-order valence-electron chi connectivity index (χ0n) is 18.2. The first-order valence-electron chi connectivity index (χ1n) is 10.6. The van der Waals surface area contributed by atoms with Crippen LogP contribution in [0.3, 0.4) is 0 Å². The van der Waals surface area contributed by atoms with Gasteiger partial charge in [0.15, 0.2) is 11.5 Å². The molecule has 0 saturated heterocycles. The molecule has 34 heavy (non-hydrogen) atoms. The molecule has 1 amide bonds. The summed E-state index contributed by atoms with van der Waals surface area (Å²) in [5.41, 5.74) is -3.02. The van der Waals surface area contributed by atoms with Gasteiger partial charge in [-0.15, -0.1) is 0 Å². The van der Waals surface area contributed by atoms with Crippen molar-refractivity contribution in [1.29, 1.82) is 0 Å². The lowest BCUT2D eigenvalue weighted by Gasteiger charge is -2.39. The molecule has 2 N–H and O–H groups in total. The van der Waals surface area contributed by atoms with E-state index in [0.717, 1.165) is 22.5 Å². The number of rotatable bonds is 4. The Balaban J connectivity index is 1.62. The maximum atomic E-state index is 14.2. The van der Waals surface area contributed by atoms with Crippen molar-refractivity contribution in [3.8, 4) is 11.5 Å². The fourth-order valence-corrected chi connectivity index (χ4v) is 4.46. The second-order valence-corrected chi connectivity index (χ2v) is 9.12. The maximum Gasteiger partial charge on any atom is 0.422 e. The van der Waals surface area contributed by atoms with Crippen molar-refractivity contribution >= 4 is 28.6 Å². The molecule has 2 aliphatic rings. The van der Waals surface area contributed by atoms with E-state index in [4.69, 9.17) is 0 Å². The number of nitrogens with zero attached hydrogens (tertiary/aromatic N) is 5. The monoisotopic (exact) mass is 481 g/mol. The average Bonchev–Trinajstić information content (AvgIpc) is 3.08. The molecule has 0 spiro atoms. The molecule has 1 unspecified atom stereocenters. The minimum atomic E-state index is -5.06. The van der Waals surface area contributed by atoms with E-state index in [1.165, 1.54) is 0 Å². The molecule has 8 nitrogen and oxygen atoms in total. The van der Waals surface area contributed by atoms with Crippen molar-refractivity contribution < 1.29 is 26.7 Å². The smallest absolute Gasteiger partial charge is 0.370 e. The Morgan fingerprint density at radius 1 is 1.21 bits per heavy atom. The number of aromatic nitrogens is 5. The van der Waals surface area contributed by atoms with Crippen molar-refractivity contribution in [3.05, 3.63) is 23.6 Å². The van der Waals surface area contributed by atoms with Crippen molar-refractivity contribution in [2.75, 3.05) is 17.2 Å². The molecule has 0 aromatic carbocycles.